The molecule has 1 N–H and O–H groups in total. The fourth-order valence-corrected chi connectivity index (χ4v) is 3.05. The fourth-order valence-electron chi connectivity index (χ4n) is 3.05. The zero-order valence-electron chi connectivity index (χ0n) is 14.9. The summed E-state index contributed by atoms with van der Waals surface area (Å²) in [7, 11) is 0. The lowest BCUT2D eigenvalue weighted by molar-refractivity contribution is -0.159. The number of ether oxygens (including phenoxy) is 1. The second kappa shape index (κ2) is 6.91. The smallest absolute Gasteiger partial charge is 0.416 e. The van der Waals surface area contributed by atoms with Gasteiger partial charge in [-0.1, -0.05) is 12.1 Å². The molecule has 0 radical (unpaired) electrons. The van der Waals surface area contributed by atoms with Crippen molar-refractivity contribution in [2.75, 3.05) is 13.2 Å². The van der Waals surface area contributed by atoms with Gasteiger partial charge < -0.3 is 9.84 Å². The number of aliphatic hydroxyl groups excluding tert-OH is 1. The standard InChI is InChI=1S/C19H14F6N2O2/c1-17(8-26)9-29-16-12(17)6-14(13(7-28)19(23,24)25)27-15(16)10-2-4-11(5-3-10)18(20,21)22/h2-6,13,28H,7,9H2,1H3. The van der Waals surface area contributed by atoms with E-state index in [-0.39, 0.29) is 29.2 Å². The van der Waals surface area contributed by atoms with Gasteiger partial charge in [-0.15, -0.1) is 0 Å². The molecular weight excluding hydrogens is 402 g/mol. The van der Waals surface area contributed by atoms with Crippen LogP contribution in [-0.4, -0.2) is 29.5 Å². The van der Waals surface area contributed by atoms with E-state index in [1.54, 1.807) is 0 Å². The number of pyridine rings is 1. The highest BCUT2D eigenvalue weighted by Gasteiger charge is 2.45. The Balaban J connectivity index is 2.22. The Morgan fingerprint density at radius 3 is 2.31 bits per heavy atom. The third-order valence-electron chi connectivity index (χ3n) is 4.76. The molecule has 2 atom stereocenters. The predicted molar refractivity (Wildman–Crippen MR) is 89.0 cm³/mol. The molecule has 0 spiro atoms. The van der Waals surface area contributed by atoms with Crippen LogP contribution in [-0.2, 0) is 11.6 Å². The first-order valence-electron chi connectivity index (χ1n) is 8.35. The van der Waals surface area contributed by atoms with Gasteiger partial charge in [0.15, 0.2) is 5.75 Å². The Kier molecular flexibility index (Phi) is 4.99. The number of alkyl halides is 6. The molecule has 0 aliphatic carbocycles. The number of nitrogens with zero attached hydrogens (tertiary/aromatic N) is 2. The second-order valence-electron chi connectivity index (χ2n) is 6.86. The fraction of sp³-hybridized carbons (Fsp3) is 0.368. The molecule has 0 amide bonds. The molecule has 0 saturated carbocycles. The SMILES string of the molecule is CC1(C#N)COc2c1cc(C(CO)C(F)(F)F)nc2-c1ccc(C(F)(F)F)cc1. The van der Waals surface area contributed by atoms with E-state index < -0.39 is 41.5 Å². The molecule has 0 saturated heterocycles. The van der Waals surface area contributed by atoms with Crippen LogP contribution >= 0.6 is 0 Å². The van der Waals surface area contributed by atoms with Crippen molar-refractivity contribution in [3.8, 4) is 23.1 Å². The quantitative estimate of drug-likeness (QED) is 0.744. The van der Waals surface area contributed by atoms with Gasteiger partial charge in [-0.3, -0.25) is 0 Å². The minimum atomic E-state index is -4.81. The summed E-state index contributed by atoms with van der Waals surface area (Å²) in [6.45, 7) is 0.0555. The molecule has 1 aromatic carbocycles. The molecule has 1 aromatic heterocycles. The third-order valence-corrected chi connectivity index (χ3v) is 4.76. The van der Waals surface area contributed by atoms with Crippen LogP contribution in [0.25, 0.3) is 11.3 Å². The first-order chi connectivity index (χ1) is 13.4. The molecule has 10 heteroatoms. The Morgan fingerprint density at radius 1 is 1.21 bits per heavy atom. The van der Waals surface area contributed by atoms with Crippen molar-refractivity contribution in [2.24, 2.45) is 0 Å². The van der Waals surface area contributed by atoms with Crippen molar-refractivity contribution in [1.29, 1.82) is 5.26 Å². The third kappa shape index (κ3) is 3.74. The summed E-state index contributed by atoms with van der Waals surface area (Å²) in [5.74, 6) is -2.28. The van der Waals surface area contributed by atoms with Gasteiger partial charge in [0.1, 0.15) is 23.6 Å². The molecule has 2 unspecified atom stereocenters. The summed E-state index contributed by atoms with van der Waals surface area (Å²) in [6.07, 6.45) is -9.39. The van der Waals surface area contributed by atoms with Gasteiger partial charge in [-0.05, 0) is 25.1 Å². The molecule has 2 aromatic rings. The summed E-state index contributed by atoms with van der Waals surface area (Å²) in [5, 5.41) is 18.7. The second-order valence-corrected chi connectivity index (χ2v) is 6.86. The Bertz CT molecular complexity index is 963. The molecule has 0 fully saturated rings. The summed E-state index contributed by atoms with van der Waals surface area (Å²) in [4.78, 5) is 3.95. The zero-order valence-corrected chi connectivity index (χ0v) is 14.9. The van der Waals surface area contributed by atoms with Gasteiger partial charge in [0.2, 0.25) is 0 Å². The highest BCUT2D eigenvalue weighted by atomic mass is 19.4. The van der Waals surface area contributed by atoms with E-state index in [2.05, 4.69) is 4.98 Å². The van der Waals surface area contributed by atoms with E-state index in [0.29, 0.717) is 0 Å². The number of benzene rings is 1. The lowest BCUT2D eigenvalue weighted by Gasteiger charge is -2.21. The number of aliphatic hydroxyl groups is 1. The first-order valence-corrected chi connectivity index (χ1v) is 8.35. The maximum atomic E-state index is 13.3. The molecule has 2 heterocycles. The zero-order chi connectivity index (χ0) is 21.6. The van der Waals surface area contributed by atoms with Crippen molar-refractivity contribution in [3.05, 3.63) is 47.2 Å². The predicted octanol–water partition coefficient (Wildman–Crippen LogP) is 4.58. The number of nitriles is 1. The van der Waals surface area contributed by atoms with Crippen LogP contribution in [0.4, 0.5) is 26.3 Å². The Labute approximate surface area is 161 Å². The van der Waals surface area contributed by atoms with Gasteiger partial charge in [-0.2, -0.15) is 31.6 Å². The monoisotopic (exact) mass is 416 g/mol. The number of halogens is 6. The maximum Gasteiger partial charge on any atom is 0.416 e. The summed E-state index contributed by atoms with van der Waals surface area (Å²) in [6, 6.07) is 6.75. The molecule has 1 aliphatic heterocycles. The Morgan fingerprint density at radius 2 is 1.83 bits per heavy atom. The molecule has 0 bridgehead atoms. The molecule has 29 heavy (non-hydrogen) atoms. The summed E-state index contributed by atoms with van der Waals surface area (Å²) >= 11 is 0. The normalized spacial score (nSPS) is 20.0. The van der Waals surface area contributed by atoms with Gasteiger partial charge in [0.05, 0.1) is 23.9 Å². The van der Waals surface area contributed by atoms with Crippen molar-refractivity contribution in [3.63, 3.8) is 0 Å². The van der Waals surface area contributed by atoms with E-state index in [4.69, 9.17) is 4.74 Å². The molecule has 4 nitrogen and oxygen atoms in total. The van der Waals surface area contributed by atoms with Gasteiger partial charge in [-0.25, -0.2) is 4.98 Å². The van der Waals surface area contributed by atoms with Crippen molar-refractivity contribution in [2.45, 2.75) is 30.6 Å². The van der Waals surface area contributed by atoms with Crippen LogP contribution in [0.1, 0.15) is 29.7 Å². The number of rotatable bonds is 3. The van der Waals surface area contributed by atoms with Crippen LogP contribution in [0.3, 0.4) is 0 Å². The van der Waals surface area contributed by atoms with E-state index in [9.17, 15) is 36.7 Å². The van der Waals surface area contributed by atoms with Crippen molar-refractivity contribution in [1.82, 2.24) is 4.98 Å². The number of fused-ring (bicyclic) bond motifs is 1. The molecule has 1 aliphatic rings. The van der Waals surface area contributed by atoms with Crippen molar-refractivity contribution >= 4 is 0 Å². The highest BCUT2D eigenvalue weighted by molar-refractivity contribution is 5.71. The Hall–Kier alpha value is -2.80. The van der Waals surface area contributed by atoms with Gasteiger partial charge in [0, 0.05) is 11.1 Å². The van der Waals surface area contributed by atoms with E-state index in [1.807, 2.05) is 6.07 Å². The maximum absolute atomic E-state index is 13.3. The van der Waals surface area contributed by atoms with E-state index in [1.165, 1.54) is 6.92 Å². The lowest BCUT2D eigenvalue weighted by Crippen LogP contribution is -2.26. The van der Waals surface area contributed by atoms with E-state index >= 15 is 0 Å². The van der Waals surface area contributed by atoms with Crippen molar-refractivity contribution < 1.29 is 36.2 Å². The highest BCUT2D eigenvalue weighted by Crippen LogP contribution is 2.46. The minimum absolute atomic E-state index is 0.0384. The summed E-state index contributed by atoms with van der Waals surface area (Å²) in [5.41, 5.74) is -2.62. The number of aromatic nitrogens is 1. The average Bonchev–Trinajstić information content (AvgIpc) is 2.98. The van der Waals surface area contributed by atoms with Crippen LogP contribution < -0.4 is 4.74 Å². The topological polar surface area (TPSA) is 66.1 Å². The van der Waals surface area contributed by atoms with Gasteiger partial charge >= 0.3 is 12.4 Å². The largest absolute Gasteiger partial charge is 0.489 e. The number of hydrogen-bond donors (Lipinski definition) is 1. The average molecular weight is 416 g/mol. The minimum Gasteiger partial charge on any atom is -0.489 e. The van der Waals surface area contributed by atoms with Gasteiger partial charge in [0.25, 0.3) is 0 Å². The van der Waals surface area contributed by atoms with Crippen LogP contribution in [0.2, 0.25) is 0 Å². The molecule has 154 valence electrons. The molecule has 3 rings (SSSR count). The van der Waals surface area contributed by atoms with Crippen LogP contribution in [0.5, 0.6) is 5.75 Å². The van der Waals surface area contributed by atoms with Crippen LogP contribution in [0.15, 0.2) is 30.3 Å². The summed E-state index contributed by atoms with van der Waals surface area (Å²) < 4.78 is 83.9. The lowest BCUT2D eigenvalue weighted by atomic mass is 9.84. The first kappa shape index (κ1) is 20.9. The number of hydrogen-bond acceptors (Lipinski definition) is 4. The van der Waals surface area contributed by atoms with E-state index in [0.717, 1.165) is 30.3 Å². The molecular formula is C19H14F6N2O2. The van der Waals surface area contributed by atoms with Crippen LogP contribution in [0, 0.1) is 11.3 Å².